The Balaban J connectivity index is 1.59. The zero-order valence-corrected chi connectivity index (χ0v) is 14.0. The highest BCUT2D eigenvalue weighted by molar-refractivity contribution is 5.96. The number of fused-ring (bicyclic) bond motifs is 1. The number of nitrogens with zero attached hydrogens (tertiary/aromatic N) is 2. The SMILES string of the molecule is O=C(CCNc1ccc([N+](=O)[O-])c2cccnc12)NCc1ccccc1. The summed E-state index contributed by atoms with van der Waals surface area (Å²) in [6.07, 6.45) is 1.88. The summed E-state index contributed by atoms with van der Waals surface area (Å²) >= 11 is 0. The maximum absolute atomic E-state index is 12.0. The van der Waals surface area contributed by atoms with Crippen LogP contribution in [0, 0.1) is 10.1 Å². The van der Waals surface area contributed by atoms with Gasteiger partial charge < -0.3 is 10.6 Å². The number of anilines is 1. The van der Waals surface area contributed by atoms with Crippen LogP contribution in [0.4, 0.5) is 11.4 Å². The lowest BCUT2D eigenvalue weighted by Gasteiger charge is -2.10. The molecule has 7 nitrogen and oxygen atoms in total. The van der Waals surface area contributed by atoms with E-state index in [0.717, 1.165) is 5.56 Å². The Hall–Kier alpha value is -3.48. The molecule has 0 aliphatic heterocycles. The van der Waals surface area contributed by atoms with E-state index in [2.05, 4.69) is 15.6 Å². The predicted molar refractivity (Wildman–Crippen MR) is 99.8 cm³/mol. The number of hydrogen-bond acceptors (Lipinski definition) is 5. The van der Waals surface area contributed by atoms with Gasteiger partial charge in [-0.1, -0.05) is 30.3 Å². The molecule has 3 rings (SSSR count). The summed E-state index contributed by atoms with van der Waals surface area (Å²) in [6.45, 7) is 0.895. The largest absolute Gasteiger partial charge is 0.383 e. The molecule has 3 aromatic rings. The van der Waals surface area contributed by atoms with Crippen LogP contribution in [0.3, 0.4) is 0 Å². The van der Waals surface area contributed by atoms with Crippen LogP contribution in [0.1, 0.15) is 12.0 Å². The molecule has 0 atom stereocenters. The molecule has 0 spiro atoms. The molecule has 1 heterocycles. The van der Waals surface area contributed by atoms with Crippen molar-refractivity contribution in [3.63, 3.8) is 0 Å². The molecular weight excluding hydrogens is 332 g/mol. The number of non-ortho nitro benzene ring substituents is 1. The van der Waals surface area contributed by atoms with E-state index in [1.54, 1.807) is 24.4 Å². The van der Waals surface area contributed by atoms with Crippen LogP contribution in [0.2, 0.25) is 0 Å². The third kappa shape index (κ3) is 4.13. The molecule has 1 aromatic heterocycles. The number of nitro benzene ring substituents is 1. The van der Waals surface area contributed by atoms with Crippen LogP contribution in [0.15, 0.2) is 60.8 Å². The zero-order valence-electron chi connectivity index (χ0n) is 14.0. The predicted octanol–water partition coefficient (Wildman–Crippen LogP) is 3.26. The fourth-order valence-corrected chi connectivity index (χ4v) is 2.66. The number of amides is 1. The lowest BCUT2D eigenvalue weighted by molar-refractivity contribution is -0.383. The molecule has 0 aliphatic rings. The minimum Gasteiger partial charge on any atom is -0.383 e. The van der Waals surface area contributed by atoms with Gasteiger partial charge in [0.1, 0.15) is 5.52 Å². The monoisotopic (exact) mass is 350 g/mol. The number of pyridine rings is 1. The van der Waals surface area contributed by atoms with Gasteiger partial charge in [0.2, 0.25) is 5.91 Å². The third-order valence-electron chi connectivity index (χ3n) is 3.94. The van der Waals surface area contributed by atoms with E-state index in [4.69, 9.17) is 0 Å². The van der Waals surface area contributed by atoms with Gasteiger partial charge in [0.25, 0.3) is 5.69 Å². The van der Waals surface area contributed by atoms with Crippen LogP contribution in [0.5, 0.6) is 0 Å². The second-order valence-electron chi connectivity index (χ2n) is 5.73. The highest BCUT2D eigenvalue weighted by Crippen LogP contribution is 2.29. The van der Waals surface area contributed by atoms with Gasteiger partial charge in [-0.05, 0) is 23.8 Å². The van der Waals surface area contributed by atoms with Crippen molar-refractivity contribution in [3.8, 4) is 0 Å². The highest BCUT2D eigenvalue weighted by atomic mass is 16.6. The highest BCUT2D eigenvalue weighted by Gasteiger charge is 2.14. The van der Waals surface area contributed by atoms with Crippen molar-refractivity contribution in [2.75, 3.05) is 11.9 Å². The van der Waals surface area contributed by atoms with Crippen LogP contribution in [-0.4, -0.2) is 22.4 Å². The molecule has 1 amide bonds. The van der Waals surface area contributed by atoms with Crippen LogP contribution < -0.4 is 10.6 Å². The van der Waals surface area contributed by atoms with Gasteiger partial charge in [-0.25, -0.2) is 0 Å². The van der Waals surface area contributed by atoms with Gasteiger partial charge >= 0.3 is 0 Å². The van der Waals surface area contributed by atoms with E-state index in [-0.39, 0.29) is 18.0 Å². The molecule has 0 saturated heterocycles. The van der Waals surface area contributed by atoms with E-state index in [1.807, 2.05) is 30.3 Å². The molecule has 0 bridgehead atoms. The zero-order chi connectivity index (χ0) is 18.4. The number of carbonyl (C=O) groups is 1. The lowest BCUT2D eigenvalue weighted by Crippen LogP contribution is -2.24. The molecule has 7 heteroatoms. The van der Waals surface area contributed by atoms with E-state index < -0.39 is 4.92 Å². The van der Waals surface area contributed by atoms with E-state index in [0.29, 0.717) is 29.7 Å². The Kier molecular flexibility index (Phi) is 5.38. The number of aromatic nitrogens is 1. The Morgan fingerprint density at radius 2 is 1.88 bits per heavy atom. The second-order valence-corrected chi connectivity index (χ2v) is 5.73. The van der Waals surface area contributed by atoms with Crippen molar-refractivity contribution in [2.45, 2.75) is 13.0 Å². The number of rotatable bonds is 7. The topological polar surface area (TPSA) is 97.2 Å². The summed E-state index contributed by atoms with van der Waals surface area (Å²) in [5.41, 5.74) is 2.24. The third-order valence-corrected chi connectivity index (χ3v) is 3.94. The summed E-state index contributed by atoms with van der Waals surface area (Å²) in [5.74, 6) is -0.0690. The maximum atomic E-state index is 12.0. The molecule has 26 heavy (non-hydrogen) atoms. The minimum atomic E-state index is -0.426. The van der Waals surface area contributed by atoms with Crippen molar-refractivity contribution < 1.29 is 9.72 Å². The summed E-state index contributed by atoms with van der Waals surface area (Å²) in [7, 11) is 0. The Bertz CT molecular complexity index is 928. The first-order chi connectivity index (χ1) is 12.6. The molecule has 2 aromatic carbocycles. The summed E-state index contributed by atoms with van der Waals surface area (Å²) in [4.78, 5) is 26.9. The normalized spacial score (nSPS) is 10.5. The number of carbonyl (C=O) groups excluding carboxylic acids is 1. The number of benzene rings is 2. The molecule has 0 aliphatic carbocycles. The number of hydrogen-bond donors (Lipinski definition) is 2. The number of nitro groups is 1. The molecular formula is C19H18N4O3. The lowest BCUT2D eigenvalue weighted by atomic mass is 10.1. The second kappa shape index (κ2) is 8.06. The Morgan fingerprint density at radius 1 is 1.08 bits per heavy atom. The van der Waals surface area contributed by atoms with Crippen molar-refractivity contribution in [3.05, 3.63) is 76.5 Å². The smallest absolute Gasteiger partial charge is 0.278 e. The van der Waals surface area contributed by atoms with Crippen molar-refractivity contribution in [1.82, 2.24) is 10.3 Å². The summed E-state index contributed by atoms with van der Waals surface area (Å²) < 4.78 is 0. The van der Waals surface area contributed by atoms with Gasteiger partial charge in [-0.2, -0.15) is 0 Å². The van der Waals surface area contributed by atoms with Crippen LogP contribution in [0.25, 0.3) is 10.9 Å². The fraction of sp³-hybridized carbons (Fsp3) is 0.158. The van der Waals surface area contributed by atoms with Gasteiger partial charge in [0, 0.05) is 31.8 Å². The van der Waals surface area contributed by atoms with E-state index in [1.165, 1.54) is 6.07 Å². The summed E-state index contributed by atoms with van der Waals surface area (Å²) in [5, 5.41) is 17.6. The first kappa shape index (κ1) is 17.3. The van der Waals surface area contributed by atoms with Crippen molar-refractivity contribution in [2.24, 2.45) is 0 Å². The van der Waals surface area contributed by atoms with Crippen LogP contribution >= 0.6 is 0 Å². The molecule has 0 saturated carbocycles. The van der Waals surface area contributed by atoms with Crippen molar-refractivity contribution >= 4 is 28.2 Å². The number of nitrogens with one attached hydrogen (secondary N) is 2. The molecule has 0 fully saturated rings. The quantitative estimate of drug-likeness (QED) is 0.503. The van der Waals surface area contributed by atoms with Gasteiger partial charge in [0.15, 0.2) is 0 Å². The molecule has 2 N–H and O–H groups in total. The first-order valence-electron chi connectivity index (χ1n) is 8.22. The Morgan fingerprint density at radius 3 is 2.65 bits per heavy atom. The average Bonchev–Trinajstić information content (AvgIpc) is 2.67. The van der Waals surface area contributed by atoms with E-state index in [9.17, 15) is 14.9 Å². The average molecular weight is 350 g/mol. The van der Waals surface area contributed by atoms with Crippen molar-refractivity contribution in [1.29, 1.82) is 0 Å². The molecule has 132 valence electrons. The standard InChI is InChI=1S/C19H18N4O3/c24-18(22-13-14-5-2-1-3-6-14)10-12-20-16-8-9-17(23(25)26)15-7-4-11-21-19(15)16/h1-9,11,20H,10,12-13H2,(H,22,24). The fourth-order valence-electron chi connectivity index (χ4n) is 2.66. The maximum Gasteiger partial charge on any atom is 0.278 e. The van der Waals surface area contributed by atoms with Gasteiger partial charge in [0.05, 0.1) is 16.0 Å². The molecule has 0 unspecified atom stereocenters. The van der Waals surface area contributed by atoms with E-state index >= 15 is 0 Å². The van der Waals surface area contributed by atoms with Crippen LogP contribution in [-0.2, 0) is 11.3 Å². The minimum absolute atomic E-state index is 0.0132. The van der Waals surface area contributed by atoms with Gasteiger partial charge in [-0.15, -0.1) is 0 Å². The summed E-state index contributed by atoms with van der Waals surface area (Å²) in [6, 6.07) is 16.1. The van der Waals surface area contributed by atoms with Gasteiger partial charge in [-0.3, -0.25) is 19.9 Å². The molecule has 0 radical (unpaired) electrons. The first-order valence-corrected chi connectivity index (χ1v) is 8.22. The Labute approximate surface area is 150 Å².